The number of anilines is 1. The summed E-state index contributed by atoms with van der Waals surface area (Å²) in [6, 6.07) is 0.231. The lowest BCUT2D eigenvalue weighted by Gasteiger charge is -2.43. The Hall–Kier alpha value is -1.40. The third kappa shape index (κ3) is 3.81. The summed E-state index contributed by atoms with van der Waals surface area (Å²) in [7, 11) is 0. The highest BCUT2D eigenvalue weighted by atomic mass is 16.5. The fourth-order valence-electron chi connectivity index (χ4n) is 3.67. The normalized spacial score (nSPS) is 30.8. The quantitative estimate of drug-likeness (QED) is 0.890. The fourth-order valence-corrected chi connectivity index (χ4v) is 3.67. The lowest BCUT2D eigenvalue weighted by atomic mass is 9.79. The molecule has 134 valence electrons. The van der Waals surface area contributed by atoms with Crippen LogP contribution in [0.5, 0.6) is 5.88 Å². The number of rotatable bonds is 5. The number of nitrogens with zero attached hydrogens (tertiary/aromatic N) is 3. The molecule has 2 aliphatic rings. The summed E-state index contributed by atoms with van der Waals surface area (Å²) in [6.07, 6.45) is 6.28. The van der Waals surface area contributed by atoms with E-state index in [1.54, 1.807) is 12.4 Å². The van der Waals surface area contributed by atoms with E-state index in [-0.39, 0.29) is 12.0 Å². The van der Waals surface area contributed by atoms with E-state index in [4.69, 9.17) is 9.47 Å². The Labute approximate surface area is 144 Å². The van der Waals surface area contributed by atoms with Crippen LogP contribution >= 0.6 is 0 Å². The van der Waals surface area contributed by atoms with Gasteiger partial charge in [-0.2, -0.15) is 4.98 Å². The molecule has 0 unspecified atom stereocenters. The molecule has 0 spiro atoms. The zero-order valence-electron chi connectivity index (χ0n) is 14.9. The Bertz CT molecular complexity index is 550. The lowest BCUT2D eigenvalue weighted by molar-refractivity contribution is -0.108. The second kappa shape index (κ2) is 7.23. The van der Waals surface area contributed by atoms with Gasteiger partial charge in [0.25, 0.3) is 0 Å². The van der Waals surface area contributed by atoms with E-state index in [0.29, 0.717) is 38.0 Å². The number of hydrogen-bond donors (Lipinski definition) is 1. The summed E-state index contributed by atoms with van der Waals surface area (Å²) in [4.78, 5) is 11.2. The van der Waals surface area contributed by atoms with Crippen molar-refractivity contribution in [1.82, 2.24) is 9.97 Å². The first-order chi connectivity index (χ1) is 11.5. The van der Waals surface area contributed by atoms with Gasteiger partial charge in [0, 0.05) is 25.1 Å². The summed E-state index contributed by atoms with van der Waals surface area (Å²) < 4.78 is 11.4. The summed E-state index contributed by atoms with van der Waals surface area (Å²) in [5.41, 5.74) is -0.690. The molecule has 0 aliphatic carbocycles. The Morgan fingerprint density at radius 2 is 2.29 bits per heavy atom. The summed E-state index contributed by atoms with van der Waals surface area (Å²) in [5, 5.41) is 10.8. The van der Waals surface area contributed by atoms with Gasteiger partial charge in [0.05, 0.1) is 31.2 Å². The lowest BCUT2D eigenvalue weighted by Crippen LogP contribution is -2.52. The molecule has 2 fully saturated rings. The molecule has 0 amide bonds. The van der Waals surface area contributed by atoms with E-state index in [9.17, 15) is 5.11 Å². The van der Waals surface area contributed by atoms with Gasteiger partial charge in [0.1, 0.15) is 0 Å². The van der Waals surface area contributed by atoms with Crippen LogP contribution in [0.4, 0.5) is 5.82 Å². The highest BCUT2D eigenvalue weighted by molar-refractivity contribution is 5.41. The van der Waals surface area contributed by atoms with Crippen molar-refractivity contribution in [3.05, 3.63) is 12.4 Å². The predicted octanol–water partition coefficient (Wildman–Crippen LogP) is 2.27. The molecule has 24 heavy (non-hydrogen) atoms. The molecule has 0 saturated carbocycles. The average Bonchev–Trinajstić information content (AvgIpc) is 3.02. The Balaban J connectivity index is 1.76. The maximum atomic E-state index is 10.8. The zero-order chi connectivity index (χ0) is 17.2. The Morgan fingerprint density at radius 1 is 1.46 bits per heavy atom. The second-order valence-electron chi connectivity index (χ2n) is 7.61. The van der Waals surface area contributed by atoms with Crippen LogP contribution in [0.15, 0.2) is 12.4 Å². The van der Waals surface area contributed by atoms with Crippen molar-refractivity contribution in [2.75, 3.05) is 31.3 Å². The first-order valence-electron chi connectivity index (χ1n) is 8.99. The summed E-state index contributed by atoms with van der Waals surface area (Å²) >= 11 is 0. The van der Waals surface area contributed by atoms with Gasteiger partial charge < -0.3 is 19.5 Å². The van der Waals surface area contributed by atoms with Gasteiger partial charge in [-0.1, -0.05) is 13.8 Å². The first kappa shape index (κ1) is 17.4. The van der Waals surface area contributed by atoms with Crippen molar-refractivity contribution in [1.29, 1.82) is 0 Å². The van der Waals surface area contributed by atoms with Crippen molar-refractivity contribution in [2.45, 2.75) is 51.7 Å². The van der Waals surface area contributed by atoms with E-state index in [0.717, 1.165) is 25.2 Å². The van der Waals surface area contributed by atoms with E-state index in [1.807, 2.05) is 6.92 Å². The van der Waals surface area contributed by atoms with Gasteiger partial charge >= 0.3 is 0 Å². The third-order valence-corrected chi connectivity index (χ3v) is 5.07. The Morgan fingerprint density at radius 3 is 3.04 bits per heavy atom. The van der Waals surface area contributed by atoms with Crippen LogP contribution in [0.25, 0.3) is 0 Å². The monoisotopic (exact) mass is 335 g/mol. The molecule has 0 radical (unpaired) electrons. The van der Waals surface area contributed by atoms with Crippen LogP contribution in [-0.2, 0) is 4.74 Å². The van der Waals surface area contributed by atoms with Crippen molar-refractivity contribution < 1.29 is 14.6 Å². The minimum atomic E-state index is -0.690. The summed E-state index contributed by atoms with van der Waals surface area (Å²) in [6.45, 7) is 8.95. The highest BCUT2D eigenvalue weighted by Crippen LogP contribution is 2.37. The number of ether oxygens (including phenoxy) is 2. The molecule has 2 aliphatic heterocycles. The minimum Gasteiger partial charge on any atom is -0.476 e. The smallest absolute Gasteiger partial charge is 0.234 e. The van der Waals surface area contributed by atoms with Crippen molar-refractivity contribution >= 4 is 5.82 Å². The predicted molar refractivity (Wildman–Crippen MR) is 92.3 cm³/mol. The van der Waals surface area contributed by atoms with Gasteiger partial charge in [-0.3, -0.25) is 4.98 Å². The molecule has 1 aromatic rings. The number of aromatic nitrogens is 2. The molecule has 0 aromatic carbocycles. The zero-order valence-corrected chi connectivity index (χ0v) is 14.9. The van der Waals surface area contributed by atoms with Crippen molar-refractivity contribution in [3.63, 3.8) is 0 Å². The standard InChI is InChI=1S/C18H29N3O3/c1-13(2)11-24-17-10-19-9-16(20-17)21-7-4-5-15(21)14-12-23-8-6-18(14,3)22/h9-10,13-15,22H,4-8,11-12H2,1-3H3/t14-,15+,18+/m0/s1. The minimum absolute atomic E-state index is 0.0933. The molecular weight excluding hydrogens is 306 g/mol. The molecule has 6 nitrogen and oxygen atoms in total. The largest absolute Gasteiger partial charge is 0.476 e. The first-order valence-corrected chi connectivity index (χ1v) is 8.99. The van der Waals surface area contributed by atoms with E-state index >= 15 is 0 Å². The van der Waals surface area contributed by atoms with Gasteiger partial charge in [-0.25, -0.2) is 0 Å². The van der Waals surface area contributed by atoms with Crippen LogP contribution in [0.3, 0.4) is 0 Å². The van der Waals surface area contributed by atoms with E-state index in [1.165, 1.54) is 0 Å². The third-order valence-electron chi connectivity index (χ3n) is 5.07. The highest BCUT2D eigenvalue weighted by Gasteiger charge is 2.44. The second-order valence-corrected chi connectivity index (χ2v) is 7.61. The van der Waals surface area contributed by atoms with Gasteiger partial charge in [0.2, 0.25) is 5.88 Å². The molecular formula is C18H29N3O3. The molecule has 1 N–H and O–H groups in total. The van der Waals surface area contributed by atoms with Gasteiger partial charge in [-0.05, 0) is 32.1 Å². The van der Waals surface area contributed by atoms with Crippen LogP contribution in [0, 0.1) is 11.8 Å². The van der Waals surface area contributed by atoms with Crippen LogP contribution in [0.2, 0.25) is 0 Å². The van der Waals surface area contributed by atoms with Crippen LogP contribution in [-0.4, -0.2) is 53.1 Å². The topological polar surface area (TPSA) is 67.7 Å². The molecule has 3 rings (SSSR count). The van der Waals surface area contributed by atoms with E-state index < -0.39 is 5.60 Å². The molecule has 2 saturated heterocycles. The number of aliphatic hydroxyl groups is 1. The van der Waals surface area contributed by atoms with Crippen LogP contribution in [0.1, 0.15) is 40.0 Å². The SMILES string of the molecule is CC(C)COc1cncc(N2CCC[C@@H]2[C@@H]2COCC[C@@]2(C)O)n1. The average molecular weight is 335 g/mol. The van der Waals surface area contributed by atoms with Crippen LogP contribution < -0.4 is 9.64 Å². The summed E-state index contributed by atoms with van der Waals surface area (Å²) in [5.74, 6) is 1.94. The molecule has 1 aromatic heterocycles. The van der Waals surface area contributed by atoms with Crippen molar-refractivity contribution in [2.24, 2.45) is 11.8 Å². The molecule has 3 atom stereocenters. The maximum absolute atomic E-state index is 10.8. The van der Waals surface area contributed by atoms with Crippen molar-refractivity contribution in [3.8, 4) is 5.88 Å². The van der Waals surface area contributed by atoms with Gasteiger partial charge in [-0.15, -0.1) is 0 Å². The molecule has 0 bridgehead atoms. The number of hydrogen-bond acceptors (Lipinski definition) is 6. The molecule has 3 heterocycles. The molecule has 6 heteroatoms. The van der Waals surface area contributed by atoms with E-state index in [2.05, 4.69) is 28.7 Å². The Kier molecular flexibility index (Phi) is 5.25. The van der Waals surface area contributed by atoms with Gasteiger partial charge in [0.15, 0.2) is 5.82 Å². The fraction of sp³-hybridized carbons (Fsp3) is 0.778. The maximum Gasteiger partial charge on any atom is 0.234 e.